The lowest BCUT2D eigenvalue weighted by molar-refractivity contribution is 0.237. The molecule has 1 heterocycles. The number of carbonyl (C=O) groups excluding carboxylic acids is 1. The zero-order valence-corrected chi connectivity index (χ0v) is 8.23. The Hall–Kier alpha value is -0.580. The summed E-state index contributed by atoms with van der Waals surface area (Å²) in [6.45, 7) is 0. The number of rotatable bonds is 2. The van der Waals surface area contributed by atoms with Gasteiger partial charge < -0.3 is 10.6 Å². The highest BCUT2D eigenvalue weighted by Crippen LogP contribution is 2.18. The molecule has 2 aliphatic rings. The van der Waals surface area contributed by atoms with E-state index >= 15 is 0 Å². The maximum atomic E-state index is 11.2. The molecule has 1 aliphatic carbocycles. The van der Waals surface area contributed by atoms with Crippen LogP contribution < -0.4 is 10.6 Å². The Morgan fingerprint density at radius 3 is 2.38 bits per heavy atom. The van der Waals surface area contributed by atoms with Crippen LogP contribution in [0.15, 0.2) is 0 Å². The first-order valence-corrected chi connectivity index (χ1v) is 6.15. The molecular formula is C8H14N2O2S. The minimum atomic E-state index is -0.709. The van der Waals surface area contributed by atoms with Crippen molar-refractivity contribution in [3.63, 3.8) is 0 Å². The zero-order chi connectivity index (χ0) is 9.26. The molecule has 2 fully saturated rings. The minimum absolute atomic E-state index is 0.0913. The number of hydrogen-bond acceptors (Lipinski definition) is 2. The van der Waals surface area contributed by atoms with E-state index in [2.05, 4.69) is 10.6 Å². The normalized spacial score (nSPS) is 32.9. The molecule has 1 saturated heterocycles. The summed E-state index contributed by atoms with van der Waals surface area (Å²) in [4.78, 5) is 11.2. The number of hydrogen-bond donors (Lipinski definition) is 2. The maximum absolute atomic E-state index is 11.2. The van der Waals surface area contributed by atoms with Gasteiger partial charge in [0.1, 0.15) is 0 Å². The van der Waals surface area contributed by atoms with Gasteiger partial charge in [0.15, 0.2) is 0 Å². The van der Waals surface area contributed by atoms with Gasteiger partial charge in [-0.25, -0.2) is 4.79 Å². The van der Waals surface area contributed by atoms with E-state index in [-0.39, 0.29) is 12.1 Å². The lowest BCUT2D eigenvalue weighted by Crippen LogP contribution is -2.43. The Balaban J connectivity index is 1.70. The van der Waals surface area contributed by atoms with Crippen molar-refractivity contribution in [3.8, 4) is 0 Å². The van der Waals surface area contributed by atoms with E-state index in [0.29, 0.717) is 11.8 Å². The van der Waals surface area contributed by atoms with Crippen molar-refractivity contribution in [1.29, 1.82) is 0 Å². The topological polar surface area (TPSA) is 58.2 Å². The van der Waals surface area contributed by atoms with Gasteiger partial charge in [-0.05, 0) is 19.3 Å². The highest BCUT2D eigenvalue weighted by molar-refractivity contribution is 7.85. The molecule has 13 heavy (non-hydrogen) atoms. The van der Waals surface area contributed by atoms with Gasteiger partial charge in [0, 0.05) is 34.4 Å². The third kappa shape index (κ3) is 2.69. The molecule has 74 valence electrons. The van der Waals surface area contributed by atoms with Crippen molar-refractivity contribution in [2.45, 2.75) is 31.3 Å². The molecule has 0 aromatic rings. The first-order chi connectivity index (χ1) is 6.24. The van der Waals surface area contributed by atoms with Gasteiger partial charge in [-0.3, -0.25) is 4.21 Å². The molecule has 2 amide bonds. The van der Waals surface area contributed by atoms with Crippen molar-refractivity contribution < 1.29 is 9.00 Å². The molecule has 0 bridgehead atoms. The Bertz CT molecular complexity index is 240. The zero-order valence-electron chi connectivity index (χ0n) is 7.41. The van der Waals surface area contributed by atoms with Crippen LogP contribution in [0.4, 0.5) is 4.79 Å². The second kappa shape index (κ2) is 3.65. The number of nitrogens with one attached hydrogen (secondary N) is 2. The molecule has 4 nitrogen and oxygen atoms in total. The summed E-state index contributed by atoms with van der Waals surface area (Å²) in [5.74, 6) is 1.35. The van der Waals surface area contributed by atoms with Crippen molar-refractivity contribution in [2.24, 2.45) is 0 Å². The van der Waals surface area contributed by atoms with Crippen LogP contribution >= 0.6 is 0 Å². The third-order valence-corrected chi connectivity index (χ3v) is 3.79. The Kier molecular flexibility index (Phi) is 2.53. The van der Waals surface area contributed by atoms with Crippen LogP contribution in [-0.2, 0) is 10.8 Å². The molecule has 0 aromatic carbocycles. The predicted octanol–water partition coefficient (Wildman–Crippen LogP) is -0.0310. The van der Waals surface area contributed by atoms with E-state index in [0.717, 1.165) is 25.0 Å². The molecular weight excluding hydrogens is 188 g/mol. The molecule has 2 N–H and O–H groups in total. The lowest BCUT2D eigenvalue weighted by atomic mass is 10.3. The number of amides is 2. The van der Waals surface area contributed by atoms with E-state index in [9.17, 15) is 9.00 Å². The van der Waals surface area contributed by atoms with E-state index in [1.807, 2.05) is 0 Å². The highest BCUT2D eigenvalue weighted by atomic mass is 32.2. The quantitative estimate of drug-likeness (QED) is 0.660. The molecule has 2 unspecified atom stereocenters. The fraction of sp³-hybridized carbons (Fsp3) is 0.875. The summed E-state index contributed by atoms with van der Waals surface area (Å²) >= 11 is 0. The molecule has 0 radical (unpaired) electrons. The molecule has 5 heteroatoms. The van der Waals surface area contributed by atoms with Gasteiger partial charge >= 0.3 is 6.03 Å². The van der Waals surface area contributed by atoms with Crippen molar-refractivity contribution in [2.75, 3.05) is 11.5 Å². The van der Waals surface area contributed by atoms with Gasteiger partial charge in [0.2, 0.25) is 0 Å². The summed E-state index contributed by atoms with van der Waals surface area (Å²) in [6.07, 6.45) is 3.05. The Labute approximate surface area is 79.9 Å². The van der Waals surface area contributed by atoms with Crippen LogP contribution in [0.1, 0.15) is 19.3 Å². The summed E-state index contributed by atoms with van der Waals surface area (Å²) in [7, 11) is -0.709. The fourth-order valence-corrected chi connectivity index (χ4v) is 2.83. The van der Waals surface area contributed by atoms with Crippen LogP contribution in [0.5, 0.6) is 0 Å². The first kappa shape index (κ1) is 8.99. The summed E-state index contributed by atoms with van der Waals surface area (Å²) in [6, 6.07) is 0.429. The van der Waals surface area contributed by atoms with Gasteiger partial charge in [-0.2, -0.15) is 0 Å². The van der Waals surface area contributed by atoms with Crippen LogP contribution in [0.3, 0.4) is 0 Å². The van der Waals surface area contributed by atoms with Gasteiger partial charge in [-0.1, -0.05) is 0 Å². The minimum Gasteiger partial charge on any atom is -0.335 e. The van der Waals surface area contributed by atoms with E-state index < -0.39 is 10.8 Å². The number of carbonyl (C=O) groups is 1. The van der Waals surface area contributed by atoms with Gasteiger partial charge in [0.25, 0.3) is 0 Å². The fourth-order valence-electron chi connectivity index (χ4n) is 1.42. The molecule has 0 aromatic heterocycles. The molecule has 0 spiro atoms. The van der Waals surface area contributed by atoms with Crippen molar-refractivity contribution in [1.82, 2.24) is 10.6 Å². The standard InChI is InChI=1S/C8H14N2O2S/c11-8(9-6-1-2-6)10-7-3-4-13(12)5-7/h6-7H,1-5H2,(H2,9,10,11). The van der Waals surface area contributed by atoms with Crippen LogP contribution in [-0.4, -0.2) is 33.8 Å². The third-order valence-electron chi connectivity index (χ3n) is 2.33. The molecule has 2 atom stereocenters. The van der Waals surface area contributed by atoms with E-state index in [1.54, 1.807) is 0 Å². The summed E-state index contributed by atoms with van der Waals surface area (Å²) in [5, 5.41) is 5.68. The van der Waals surface area contributed by atoms with Crippen molar-refractivity contribution in [3.05, 3.63) is 0 Å². The van der Waals surface area contributed by atoms with Crippen molar-refractivity contribution >= 4 is 16.8 Å². The Morgan fingerprint density at radius 2 is 1.85 bits per heavy atom. The van der Waals surface area contributed by atoms with E-state index in [4.69, 9.17) is 0 Å². The van der Waals surface area contributed by atoms with Crippen LogP contribution in [0, 0.1) is 0 Å². The largest absolute Gasteiger partial charge is 0.335 e. The van der Waals surface area contributed by atoms with Gasteiger partial charge in [-0.15, -0.1) is 0 Å². The average molecular weight is 202 g/mol. The predicted molar refractivity (Wildman–Crippen MR) is 51.0 cm³/mol. The molecule has 2 rings (SSSR count). The highest BCUT2D eigenvalue weighted by Gasteiger charge is 2.26. The van der Waals surface area contributed by atoms with Crippen LogP contribution in [0.2, 0.25) is 0 Å². The smallest absolute Gasteiger partial charge is 0.315 e. The monoisotopic (exact) mass is 202 g/mol. The molecule has 1 aliphatic heterocycles. The first-order valence-electron chi connectivity index (χ1n) is 4.66. The second-order valence-electron chi connectivity index (χ2n) is 3.69. The summed E-state index contributed by atoms with van der Waals surface area (Å²) < 4.78 is 11.0. The number of urea groups is 1. The van der Waals surface area contributed by atoms with E-state index in [1.165, 1.54) is 0 Å². The second-order valence-corrected chi connectivity index (χ2v) is 5.31. The SMILES string of the molecule is O=C(NC1CC1)NC1CCS(=O)C1. The summed E-state index contributed by atoms with van der Waals surface area (Å²) in [5.41, 5.74) is 0. The van der Waals surface area contributed by atoms with Gasteiger partial charge in [0.05, 0.1) is 0 Å². The Morgan fingerprint density at radius 1 is 1.15 bits per heavy atom. The molecule has 1 saturated carbocycles. The van der Waals surface area contributed by atoms with Crippen LogP contribution in [0.25, 0.3) is 0 Å². The lowest BCUT2D eigenvalue weighted by Gasteiger charge is -2.11. The maximum Gasteiger partial charge on any atom is 0.315 e. The average Bonchev–Trinajstić information content (AvgIpc) is 2.76.